The number of hydrogen-bond acceptors (Lipinski definition) is 4. The van der Waals surface area contributed by atoms with Crippen molar-refractivity contribution >= 4 is 24.0 Å². The molecule has 136 valence electrons. The minimum absolute atomic E-state index is 0. The third kappa shape index (κ3) is 6.29. The van der Waals surface area contributed by atoms with Crippen LogP contribution in [-0.4, -0.2) is 18.6 Å². The molecule has 0 aliphatic heterocycles. The summed E-state index contributed by atoms with van der Waals surface area (Å²) in [4.78, 5) is 12.0. The number of carbonyl (C=O) groups excluding carboxylic acids is 1. The molecule has 25 heavy (non-hydrogen) atoms. The summed E-state index contributed by atoms with van der Waals surface area (Å²) in [7, 11) is 0. The highest BCUT2D eigenvalue weighted by atomic mass is 35.5. The summed E-state index contributed by atoms with van der Waals surface area (Å²) >= 11 is 0. The topological polar surface area (TPSA) is 73.6 Å². The zero-order chi connectivity index (χ0) is 17.5. The van der Waals surface area contributed by atoms with Gasteiger partial charge in [0.2, 0.25) is 5.91 Å². The number of amides is 1. The number of anilines is 1. The second-order valence-corrected chi connectivity index (χ2v) is 5.67. The molecule has 0 saturated carbocycles. The Kier molecular flexibility index (Phi) is 8.25. The van der Waals surface area contributed by atoms with Gasteiger partial charge in [0, 0.05) is 11.7 Å². The molecule has 0 aliphatic rings. The third-order valence-corrected chi connectivity index (χ3v) is 3.69. The van der Waals surface area contributed by atoms with Gasteiger partial charge in [-0.15, -0.1) is 12.4 Å². The monoisotopic (exact) mass is 364 g/mol. The molecular weight excluding hydrogens is 340 g/mol. The molecule has 0 radical (unpaired) electrons. The molecule has 0 saturated heterocycles. The van der Waals surface area contributed by atoms with Gasteiger partial charge in [-0.25, -0.2) is 0 Å². The van der Waals surface area contributed by atoms with Crippen LogP contribution in [0.5, 0.6) is 17.2 Å². The van der Waals surface area contributed by atoms with Crippen molar-refractivity contribution in [3.05, 3.63) is 48.5 Å². The Hall–Kier alpha value is -2.24. The van der Waals surface area contributed by atoms with Crippen LogP contribution in [0.3, 0.4) is 0 Å². The van der Waals surface area contributed by atoms with Gasteiger partial charge in [-0.1, -0.05) is 6.92 Å². The minimum Gasteiger partial charge on any atom is -0.494 e. The Bertz CT molecular complexity index is 657. The molecule has 3 N–H and O–H groups in total. The molecule has 6 heteroatoms. The fourth-order valence-corrected chi connectivity index (χ4v) is 2.01. The van der Waals surface area contributed by atoms with E-state index >= 15 is 0 Å². The molecule has 1 amide bonds. The summed E-state index contributed by atoms with van der Waals surface area (Å²) < 4.78 is 11.2. The van der Waals surface area contributed by atoms with E-state index in [2.05, 4.69) is 5.32 Å². The Morgan fingerprint density at radius 3 is 1.96 bits per heavy atom. The maximum absolute atomic E-state index is 12.0. The number of hydrogen-bond donors (Lipinski definition) is 2. The smallest absolute Gasteiger partial charge is 0.228 e. The van der Waals surface area contributed by atoms with Crippen molar-refractivity contribution < 1.29 is 14.3 Å². The van der Waals surface area contributed by atoms with Crippen molar-refractivity contribution in [3.63, 3.8) is 0 Å². The van der Waals surface area contributed by atoms with E-state index in [-0.39, 0.29) is 30.3 Å². The first-order valence-corrected chi connectivity index (χ1v) is 8.07. The summed E-state index contributed by atoms with van der Waals surface area (Å²) in [5, 5.41) is 2.84. The van der Waals surface area contributed by atoms with E-state index in [1.807, 2.05) is 57.2 Å². The van der Waals surface area contributed by atoms with Crippen molar-refractivity contribution in [1.29, 1.82) is 0 Å². The van der Waals surface area contributed by atoms with E-state index < -0.39 is 0 Å². The van der Waals surface area contributed by atoms with Crippen LogP contribution in [0.2, 0.25) is 0 Å². The van der Waals surface area contributed by atoms with Gasteiger partial charge in [0.15, 0.2) is 0 Å². The minimum atomic E-state index is -0.246. The lowest BCUT2D eigenvalue weighted by Crippen LogP contribution is -2.34. The van der Waals surface area contributed by atoms with Crippen molar-refractivity contribution in [3.8, 4) is 17.2 Å². The van der Waals surface area contributed by atoms with E-state index in [4.69, 9.17) is 15.2 Å². The predicted octanol–water partition coefficient (Wildman–Crippen LogP) is 4.22. The van der Waals surface area contributed by atoms with Crippen LogP contribution in [0, 0.1) is 5.92 Å². The number of carbonyl (C=O) groups is 1. The van der Waals surface area contributed by atoms with Crippen molar-refractivity contribution in [2.45, 2.75) is 26.8 Å². The molecule has 0 bridgehead atoms. The molecule has 0 aliphatic carbocycles. The van der Waals surface area contributed by atoms with Gasteiger partial charge in [0.05, 0.1) is 12.5 Å². The van der Waals surface area contributed by atoms with E-state index in [9.17, 15) is 4.79 Å². The van der Waals surface area contributed by atoms with Crippen LogP contribution in [0.1, 0.15) is 20.8 Å². The maximum atomic E-state index is 12.0. The second kappa shape index (κ2) is 9.91. The standard InChI is InChI=1S/C19H24N2O3.ClH/c1-4-23-16-9-11-18(12-10-16)24-17-7-5-15(6-8-17)21-19(22)13(2)14(3)20;/h5-14H,4,20H2,1-3H3,(H,21,22);1H. The number of nitrogens with two attached hydrogens (primary N) is 1. The molecule has 2 atom stereocenters. The molecule has 0 spiro atoms. The van der Waals surface area contributed by atoms with Gasteiger partial charge >= 0.3 is 0 Å². The predicted molar refractivity (Wildman–Crippen MR) is 103 cm³/mol. The summed E-state index contributed by atoms with van der Waals surface area (Å²) in [6, 6.07) is 14.5. The average Bonchev–Trinajstić information content (AvgIpc) is 2.57. The number of rotatable bonds is 7. The van der Waals surface area contributed by atoms with E-state index in [1.165, 1.54) is 0 Å². The molecule has 0 fully saturated rings. The van der Waals surface area contributed by atoms with E-state index in [0.717, 1.165) is 11.5 Å². The van der Waals surface area contributed by atoms with Gasteiger partial charge in [-0.3, -0.25) is 4.79 Å². The Morgan fingerprint density at radius 2 is 1.48 bits per heavy atom. The van der Waals surface area contributed by atoms with Crippen molar-refractivity contribution in [1.82, 2.24) is 0 Å². The van der Waals surface area contributed by atoms with Gasteiger partial charge in [0.1, 0.15) is 17.2 Å². The quantitative estimate of drug-likeness (QED) is 0.771. The molecule has 2 rings (SSSR count). The zero-order valence-electron chi connectivity index (χ0n) is 14.7. The van der Waals surface area contributed by atoms with Crippen LogP contribution < -0.4 is 20.5 Å². The molecule has 2 aromatic rings. The van der Waals surface area contributed by atoms with Gasteiger partial charge in [-0.2, -0.15) is 0 Å². The third-order valence-electron chi connectivity index (χ3n) is 3.69. The normalized spacial score (nSPS) is 12.5. The number of halogens is 1. The highest BCUT2D eigenvalue weighted by Gasteiger charge is 2.16. The molecule has 0 aromatic heterocycles. The van der Waals surface area contributed by atoms with Crippen molar-refractivity contribution in [2.75, 3.05) is 11.9 Å². The first-order chi connectivity index (χ1) is 11.5. The molecule has 2 unspecified atom stereocenters. The van der Waals surface area contributed by atoms with Crippen molar-refractivity contribution in [2.24, 2.45) is 11.7 Å². The number of ether oxygens (including phenoxy) is 2. The number of benzene rings is 2. The lowest BCUT2D eigenvalue weighted by molar-refractivity contribution is -0.119. The van der Waals surface area contributed by atoms with E-state index in [0.29, 0.717) is 18.0 Å². The van der Waals surface area contributed by atoms with Crippen LogP contribution in [0.4, 0.5) is 5.69 Å². The Balaban J connectivity index is 0.00000312. The molecule has 5 nitrogen and oxygen atoms in total. The fourth-order valence-electron chi connectivity index (χ4n) is 2.01. The molecular formula is C19H25ClN2O3. The van der Waals surface area contributed by atoms with Crippen LogP contribution in [-0.2, 0) is 4.79 Å². The largest absolute Gasteiger partial charge is 0.494 e. The van der Waals surface area contributed by atoms with Crippen LogP contribution >= 0.6 is 12.4 Å². The average molecular weight is 365 g/mol. The Labute approximate surface area is 154 Å². The summed E-state index contributed by atoms with van der Waals surface area (Å²) in [5.41, 5.74) is 6.45. The summed E-state index contributed by atoms with van der Waals surface area (Å²) in [6.45, 7) is 6.20. The lowest BCUT2D eigenvalue weighted by atomic mass is 10.0. The van der Waals surface area contributed by atoms with Gasteiger partial charge < -0.3 is 20.5 Å². The highest BCUT2D eigenvalue weighted by molar-refractivity contribution is 5.92. The first kappa shape index (κ1) is 20.8. The summed E-state index contributed by atoms with van der Waals surface area (Å²) in [6.07, 6.45) is 0. The van der Waals surface area contributed by atoms with Crippen LogP contribution in [0.25, 0.3) is 0 Å². The lowest BCUT2D eigenvalue weighted by Gasteiger charge is -2.15. The maximum Gasteiger partial charge on any atom is 0.228 e. The second-order valence-electron chi connectivity index (χ2n) is 5.67. The first-order valence-electron chi connectivity index (χ1n) is 8.07. The highest BCUT2D eigenvalue weighted by Crippen LogP contribution is 2.25. The Morgan fingerprint density at radius 1 is 1.00 bits per heavy atom. The zero-order valence-corrected chi connectivity index (χ0v) is 15.5. The number of nitrogens with one attached hydrogen (secondary N) is 1. The van der Waals surface area contributed by atoms with E-state index in [1.54, 1.807) is 12.1 Å². The van der Waals surface area contributed by atoms with Crippen LogP contribution in [0.15, 0.2) is 48.5 Å². The summed E-state index contributed by atoms with van der Waals surface area (Å²) in [5.74, 6) is 1.89. The fraction of sp³-hybridized carbons (Fsp3) is 0.316. The molecule has 2 aromatic carbocycles. The SMILES string of the molecule is CCOc1ccc(Oc2ccc(NC(=O)C(C)C(C)N)cc2)cc1.Cl. The molecule has 0 heterocycles. The van der Waals surface area contributed by atoms with Gasteiger partial charge in [-0.05, 0) is 62.4 Å². The van der Waals surface area contributed by atoms with Gasteiger partial charge in [0.25, 0.3) is 0 Å².